The minimum Gasteiger partial charge on any atom is -0.326 e. The van der Waals surface area contributed by atoms with Crippen molar-refractivity contribution in [2.24, 2.45) is 0 Å². The van der Waals surface area contributed by atoms with E-state index in [0.717, 1.165) is 22.6 Å². The van der Waals surface area contributed by atoms with Crippen molar-refractivity contribution < 1.29 is 9.18 Å². The smallest absolute Gasteiger partial charge is 0.258 e. The van der Waals surface area contributed by atoms with Crippen LogP contribution >= 0.6 is 0 Å². The molecular weight excluding hydrogens is 373 g/mol. The Morgan fingerprint density at radius 2 is 1.93 bits per heavy atom. The van der Waals surface area contributed by atoms with Gasteiger partial charge in [0.2, 0.25) is 5.91 Å². The molecule has 146 valence electrons. The van der Waals surface area contributed by atoms with E-state index in [1.807, 2.05) is 13.8 Å². The standard InChI is InChI=1S/C21H18FN5O2/c1-12-17(13(2)27(26-12)16-6-3-14(22)4-7-16)10-20(28)25-15-5-8-19-18(9-15)21(29)24-11-23-19/h3-9,11H,10H2,1-2H3,(H,25,28)(H,23,24,29). The van der Waals surface area contributed by atoms with Crippen LogP contribution in [0.4, 0.5) is 10.1 Å². The first-order valence-corrected chi connectivity index (χ1v) is 9.01. The summed E-state index contributed by atoms with van der Waals surface area (Å²) in [5.74, 6) is -0.547. The van der Waals surface area contributed by atoms with E-state index in [1.165, 1.54) is 18.5 Å². The number of halogens is 1. The number of hydrogen-bond donors (Lipinski definition) is 2. The third kappa shape index (κ3) is 3.64. The predicted octanol–water partition coefficient (Wildman–Crippen LogP) is 3.05. The van der Waals surface area contributed by atoms with Crippen LogP contribution in [-0.4, -0.2) is 25.7 Å². The van der Waals surface area contributed by atoms with Crippen molar-refractivity contribution >= 4 is 22.5 Å². The molecule has 0 aliphatic heterocycles. The third-order valence-electron chi connectivity index (χ3n) is 4.77. The average molecular weight is 391 g/mol. The van der Waals surface area contributed by atoms with Crippen LogP contribution in [0.1, 0.15) is 17.0 Å². The molecule has 0 unspecified atom stereocenters. The number of anilines is 1. The number of fused-ring (bicyclic) bond motifs is 1. The Morgan fingerprint density at radius 3 is 2.69 bits per heavy atom. The van der Waals surface area contributed by atoms with E-state index in [1.54, 1.807) is 35.0 Å². The molecule has 4 rings (SSSR count). The summed E-state index contributed by atoms with van der Waals surface area (Å²) in [5.41, 5.74) is 3.86. The number of nitrogens with zero attached hydrogens (tertiary/aromatic N) is 3. The number of aromatic amines is 1. The van der Waals surface area contributed by atoms with E-state index >= 15 is 0 Å². The molecule has 0 aliphatic carbocycles. The summed E-state index contributed by atoms with van der Waals surface area (Å²) >= 11 is 0. The van der Waals surface area contributed by atoms with Gasteiger partial charge in [-0.15, -0.1) is 0 Å². The largest absolute Gasteiger partial charge is 0.326 e. The van der Waals surface area contributed by atoms with Crippen LogP contribution in [0.3, 0.4) is 0 Å². The molecule has 7 nitrogen and oxygen atoms in total. The Balaban J connectivity index is 1.57. The fourth-order valence-corrected chi connectivity index (χ4v) is 3.28. The van der Waals surface area contributed by atoms with Gasteiger partial charge in [0.1, 0.15) is 5.82 Å². The van der Waals surface area contributed by atoms with E-state index in [2.05, 4.69) is 20.4 Å². The van der Waals surface area contributed by atoms with Crippen LogP contribution in [0.15, 0.2) is 53.6 Å². The number of carbonyl (C=O) groups is 1. The van der Waals surface area contributed by atoms with Gasteiger partial charge in [0.15, 0.2) is 0 Å². The molecule has 2 aromatic carbocycles. The highest BCUT2D eigenvalue weighted by molar-refractivity contribution is 5.94. The van der Waals surface area contributed by atoms with Gasteiger partial charge in [-0.1, -0.05) is 0 Å². The molecular formula is C21H18FN5O2. The van der Waals surface area contributed by atoms with Gasteiger partial charge in [-0.2, -0.15) is 5.10 Å². The van der Waals surface area contributed by atoms with Gasteiger partial charge >= 0.3 is 0 Å². The maximum absolute atomic E-state index is 13.2. The first-order chi connectivity index (χ1) is 13.9. The van der Waals surface area contributed by atoms with Gasteiger partial charge < -0.3 is 10.3 Å². The van der Waals surface area contributed by atoms with Crippen molar-refractivity contribution in [2.45, 2.75) is 20.3 Å². The highest BCUT2D eigenvalue weighted by Gasteiger charge is 2.16. The minimum atomic E-state index is -0.320. The summed E-state index contributed by atoms with van der Waals surface area (Å²) in [6, 6.07) is 11.0. The molecule has 1 amide bonds. The molecule has 2 aromatic heterocycles. The average Bonchev–Trinajstić information content (AvgIpc) is 2.97. The first kappa shape index (κ1) is 18.5. The molecule has 8 heteroatoms. The zero-order valence-corrected chi connectivity index (χ0v) is 15.9. The normalized spacial score (nSPS) is 11.0. The lowest BCUT2D eigenvalue weighted by Gasteiger charge is -2.07. The van der Waals surface area contributed by atoms with Gasteiger partial charge in [0.25, 0.3) is 5.56 Å². The monoisotopic (exact) mass is 391 g/mol. The summed E-state index contributed by atoms with van der Waals surface area (Å²) in [5, 5.41) is 7.70. The molecule has 2 heterocycles. The molecule has 4 aromatic rings. The highest BCUT2D eigenvalue weighted by Crippen LogP contribution is 2.20. The number of H-pyrrole nitrogens is 1. The van der Waals surface area contributed by atoms with E-state index in [9.17, 15) is 14.0 Å². The Labute approximate surface area is 165 Å². The Hall–Kier alpha value is -3.81. The predicted molar refractivity (Wildman–Crippen MR) is 108 cm³/mol. The topological polar surface area (TPSA) is 92.7 Å². The molecule has 0 aliphatic rings. The number of carbonyl (C=O) groups excluding carboxylic acids is 1. The van der Waals surface area contributed by atoms with Gasteiger partial charge in [-0.25, -0.2) is 14.1 Å². The van der Waals surface area contributed by atoms with Crippen LogP contribution < -0.4 is 10.9 Å². The maximum atomic E-state index is 13.2. The third-order valence-corrected chi connectivity index (χ3v) is 4.77. The van der Waals surface area contributed by atoms with Crippen LogP contribution in [0.2, 0.25) is 0 Å². The molecule has 0 spiro atoms. The number of nitrogens with one attached hydrogen (secondary N) is 2. The van der Waals surface area contributed by atoms with Crippen LogP contribution in [0.25, 0.3) is 16.6 Å². The Bertz CT molecular complexity index is 1270. The number of aryl methyl sites for hydroxylation is 1. The lowest BCUT2D eigenvalue weighted by Crippen LogP contribution is -2.16. The number of rotatable bonds is 4. The number of aromatic nitrogens is 4. The van der Waals surface area contributed by atoms with Crippen LogP contribution in [0.5, 0.6) is 0 Å². The highest BCUT2D eigenvalue weighted by atomic mass is 19.1. The number of benzene rings is 2. The van der Waals surface area contributed by atoms with E-state index in [-0.39, 0.29) is 23.7 Å². The van der Waals surface area contributed by atoms with Gasteiger partial charge in [0, 0.05) is 16.9 Å². The van der Waals surface area contributed by atoms with Crippen molar-refractivity contribution in [1.29, 1.82) is 0 Å². The van der Waals surface area contributed by atoms with Crippen molar-refractivity contribution in [1.82, 2.24) is 19.7 Å². The minimum absolute atomic E-state index is 0.125. The van der Waals surface area contributed by atoms with Crippen molar-refractivity contribution in [3.8, 4) is 5.69 Å². The van der Waals surface area contributed by atoms with Gasteiger partial charge in [0.05, 0.1) is 35.0 Å². The van der Waals surface area contributed by atoms with Gasteiger partial charge in [-0.05, 0) is 56.3 Å². The molecule has 2 N–H and O–H groups in total. The molecule has 0 atom stereocenters. The summed E-state index contributed by atoms with van der Waals surface area (Å²) in [7, 11) is 0. The quantitative estimate of drug-likeness (QED) is 0.559. The zero-order valence-electron chi connectivity index (χ0n) is 15.9. The lowest BCUT2D eigenvalue weighted by atomic mass is 10.1. The molecule has 0 fully saturated rings. The molecule has 29 heavy (non-hydrogen) atoms. The lowest BCUT2D eigenvalue weighted by molar-refractivity contribution is -0.115. The molecule has 0 saturated heterocycles. The Morgan fingerprint density at radius 1 is 1.17 bits per heavy atom. The zero-order chi connectivity index (χ0) is 20.5. The fourth-order valence-electron chi connectivity index (χ4n) is 3.28. The maximum Gasteiger partial charge on any atom is 0.258 e. The molecule has 0 saturated carbocycles. The van der Waals surface area contributed by atoms with Gasteiger partial charge in [-0.3, -0.25) is 9.59 Å². The summed E-state index contributed by atoms with van der Waals surface area (Å²) in [6.45, 7) is 3.70. The van der Waals surface area contributed by atoms with E-state index in [0.29, 0.717) is 16.6 Å². The second-order valence-electron chi connectivity index (χ2n) is 6.73. The van der Waals surface area contributed by atoms with Crippen molar-refractivity contribution in [3.05, 3.63) is 81.9 Å². The van der Waals surface area contributed by atoms with Crippen LogP contribution in [0, 0.1) is 19.7 Å². The van der Waals surface area contributed by atoms with E-state index in [4.69, 9.17) is 0 Å². The SMILES string of the molecule is Cc1nn(-c2ccc(F)cc2)c(C)c1CC(=O)Nc1ccc2nc[nH]c(=O)c2c1. The van der Waals surface area contributed by atoms with Crippen LogP contribution in [-0.2, 0) is 11.2 Å². The van der Waals surface area contributed by atoms with E-state index < -0.39 is 0 Å². The summed E-state index contributed by atoms with van der Waals surface area (Å²) < 4.78 is 14.9. The van der Waals surface area contributed by atoms with Crippen molar-refractivity contribution in [3.63, 3.8) is 0 Å². The Kier molecular flexibility index (Phi) is 4.67. The molecule has 0 radical (unpaired) electrons. The second kappa shape index (κ2) is 7.31. The second-order valence-corrected chi connectivity index (χ2v) is 6.73. The van der Waals surface area contributed by atoms with Crippen molar-refractivity contribution in [2.75, 3.05) is 5.32 Å². The fraction of sp³-hybridized carbons (Fsp3) is 0.143. The molecule has 0 bridgehead atoms. The number of amides is 1. The summed E-state index contributed by atoms with van der Waals surface area (Å²) in [6.07, 6.45) is 1.47. The number of hydrogen-bond acceptors (Lipinski definition) is 4. The summed E-state index contributed by atoms with van der Waals surface area (Å²) in [4.78, 5) is 31.1. The first-order valence-electron chi connectivity index (χ1n) is 9.01.